The average molecular weight is 202 g/mol. The monoisotopic (exact) mass is 202 g/mol. The zero-order valence-corrected chi connectivity index (χ0v) is 8.90. The van der Waals surface area contributed by atoms with Crippen LogP contribution in [0.15, 0.2) is 0 Å². The molecule has 0 bridgehead atoms. The fourth-order valence-electron chi connectivity index (χ4n) is 1.03. The smallest absolute Gasteiger partial charge is 0.230 e. The molecule has 0 aliphatic heterocycles. The van der Waals surface area contributed by atoms with Gasteiger partial charge < -0.3 is 11.1 Å². The Balaban J connectivity index is 1.99. The fourth-order valence-corrected chi connectivity index (χ4v) is 1.85. The third-order valence-electron chi connectivity index (χ3n) is 2.01. The lowest BCUT2D eigenvalue weighted by Gasteiger charge is -2.09. The van der Waals surface area contributed by atoms with Crippen molar-refractivity contribution in [1.29, 1.82) is 0 Å². The van der Waals surface area contributed by atoms with Crippen molar-refractivity contribution in [1.82, 2.24) is 5.32 Å². The number of hydrogen-bond donors (Lipinski definition) is 2. The maximum Gasteiger partial charge on any atom is 0.230 e. The van der Waals surface area contributed by atoms with Crippen molar-refractivity contribution in [3.63, 3.8) is 0 Å². The quantitative estimate of drug-likeness (QED) is 0.668. The molecule has 1 atom stereocenters. The molecule has 0 aromatic rings. The Morgan fingerprint density at radius 1 is 1.69 bits per heavy atom. The SMILES string of the molecule is CC(CCN)SCC(=O)NC1CC1. The summed E-state index contributed by atoms with van der Waals surface area (Å²) in [5, 5.41) is 3.46. The van der Waals surface area contributed by atoms with Crippen molar-refractivity contribution < 1.29 is 4.79 Å². The molecule has 1 rings (SSSR count). The van der Waals surface area contributed by atoms with Crippen LogP contribution in [0, 0.1) is 0 Å². The molecule has 3 nitrogen and oxygen atoms in total. The summed E-state index contributed by atoms with van der Waals surface area (Å²) in [6.07, 6.45) is 3.31. The van der Waals surface area contributed by atoms with Crippen molar-refractivity contribution >= 4 is 17.7 Å². The van der Waals surface area contributed by atoms with Crippen molar-refractivity contribution in [3.05, 3.63) is 0 Å². The molecule has 1 fully saturated rings. The summed E-state index contributed by atoms with van der Waals surface area (Å²) in [6, 6.07) is 0.484. The highest BCUT2D eigenvalue weighted by atomic mass is 32.2. The molecule has 1 saturated carbocycles. The highest BCUT2D eigenvalue weighted by molar-refractivity contribution is 8.00. The van der Waals surface area contributed by atoms with E-state index in [2.05, 4.69) is 12.2 Å². The van der Waals surface area contributed by atoms with Gasteiger partial charge in [0, 0.05) is 11.3 Å². The Kier molecular flexibility index (Phi) is 4.59. The van der Waals surface area contributed by atoms with Gasteiger partial charge in [-0.25, -0.2) is 0 Å². The standard InChI is InChI=1S/C9H18N2OS/c1-7(4-5-10)13-6-9(12)11-8-2-3-8/h7-8H,2-6,10H2,1H3,(H,11,12). The van der Waals surface area contributed by atoms with Crippen LogP contribution in [-0.2, 0) is 4.79 Å². The number of hydrogen-bond acceptors (Lipinski definition) is 3. The normalized spacial score (nSPS) is 18.3. The van der Waals surface area contributed by atoms with Crippen LogP contribution in [0.2, 0.25) is 0 Å². The molecule has 3 N–H and O–H groups in total. The first-order valence-electron chi connectivity index (χ1n) is 4.83. The van der Waals surface area contributed by atoms with Crippen LogP contribution in [0.3, 0.4) is 0 Å². The van der Waals surface area contributed by atoms with E-state index in [-0.39, 0.29) is 5.91 Å². The van der Waals surface area contributed by atoms with Gasteiger partial charge in [0.05, 0.1) is 5.75 Å². The molecule has 4 heteroatoms. The van der Waals surface area contributed by atoms with E-state index in [1.165, 1.54) is 0 Å². The molecular weight excluding hydrogens is 184 g/mol. The first-order chi connectivity index (χ1) is 6.22. The number of rotatable bonds is 6. The summed E-state index contributed by atoms with van der Waals surface area (Å²) in [5.74, 6) is 0.758. The Bertz CT molecular complexity index is 171. The van der Waals surface area contributed by atoms with Crippen molar-refractivity contribution in [2.45, 2.75) is 37.5 Å². The molecular formula is C9H18N2OS. The van der Waals surface area contributed by atoms with Gasteiger partial charge in [0.2, 0.25) is 5.91 Å². The zero-order valence-electron chi connectivity index (χ0n) is 8.08. The van der Waals surface area contributed by atoms with Crippen LogP contribution in [0.25, 0.3) is 0 Å². The van der Waals surface area contributed by atoms with E-state index in [0.717, 1.165) is 19.3 Å². The van der Waals surface area contributed by atoms with E-state index in [1.54, 1.807) is 11.8 Å². The molecule has 1 unspecified atom stereocenters. The molecule has 0 radical (unpaired) electrons. The summed E-state index contributed by atoms with van der Waals surface area (Å²) in [4.78, 5) is 11.2. The largest absolute Gasteiger partial charge is 0.353 e. The Hall–Kier alpha value is -0.220. The van der Waals surface area contributed by atoms with Gasteiger partial charge >= 0.3 is 0 Å². The Morgan fingerprint density at radius 3 is 2.92 bits per heavy atom. The van der Waals surface area contributed by atoms with Gasteiger partial charge in [0.25, 0.3) is 0 Å². The Labute approximate surface area is 83.8 Å². The molecule has 13 heavy (non-hydrogen) atoms. The predicted octanol–water partition coefficient (Wildman–Crippen LogP) is 0.735. The van der Waals surface area contributed by atoms with Gasteiger partial charge in [0.15, 0.2) is 0 Å². The van der Waals surface area contributed by atoms with Crippen LogP contribution in [0.5, 0.6) is 0 Å². The predicted molar refractivity (Wildman–Crippen MR) is 56.8 cm³/mol. The third kappa shape index (κ3) is 5.16. The first-order valence-corrected chi connectivity index (χ1v) is 5.88. The van der Waals surface area contributed by atoms with E-state index in [9.17, 15) is 4.79 Å². The molecule has 0 saturated heterocycles. The molecule has 0 spiro atoms. The van der Waals surface area contributed by atoms with Gasteiger partial charge in [-0.3, -0.25) is 4.79 Å². The minimum absolute atomic E-state index is 0.177. The maximum absolute atomic E-state index is 11.2. The highest BCUT2D eigenvalue weighted by Crippen LogP contribution is 2.19. The van der Waals surface area contributed by atoms with Crippen LogP contribution in [-0.4, -0.2) is 29.5 Å². The van der Waals surface area contributed by atoms with Gasteiger partial charge in [0.1, 0.15) is 0 Å². The van der Waals surface area contributed by atoms with Crippen molar-refractivity contribution in [2.75, 3.05) is 12.3 Å². The minimum atomic E-state index is 0.177. The second kappa shape index (κ2) is 5.50. The van der Waals surface area contributed by atoms with Crippen LogP contribution < -0.4 is 11.1 Å². The summed E-state index contributed by atoms with van der Waals surface area (Å²) in [5.41, 5.74) is 5.41. The summed E-state index contributed by atoms with van der Waals surface area (Å²) < 4.78 is 0. The summed E-state index contributed by atoms with van der Waals surface area (Å²) in [7, 11) is 0. The third-order valence-corrected chi connectivity index (χ3v) is 3.25. The molecule has 76 valence electrons. The number of carbonyl (C=O) groups excluding carboxylic acids is 1. The number of carbonyl (C=O) groups is 1. The number of thioether (sulfide) groups is 1. The summed E-state index contributed by atoms with van der Waals surface area (Å²) in [6.45, 7) is 2.82. The second-order valence-corrected chi connectivity index (χ2v) is 4.97. The molecule has 1 aliphatic rings. The van der Waals surface area contributed by atoms with Crippen LogP contribution >= 0.6 is 11.8 Å². The van der Waals surface area contributed by atoms with Crippen molar-refractivity contribution in [2.24, 2.45) is 5.73 Å². The van der Waals surface area contributed by atoms with Crippen LogP contribution in [0.1, 0.15) is 26.2 Å². The van der Waals surface area contributed by atoms with E-state index in [4.69, 9.17) is 5.73 Å². The lowest BCUT2D eigenvalue weighted by molar-refractivity contribution is -0.118. The van der Waals surface area contributed by atoms with Crippen LogP contribution in [0.4, 0.5) is 0 Å². The minimum Gasteiger partial charge on any atom is -0.353 e. The van der Waals surface area contributed by atoms with E-state index < -0.39 is 0 Å². The lowest BCUT2D eigenvalue weighted by atomic mass is 10.3. The van der Waals surface area contributed by atoms with E-state index in [1.807, 2.05) is 0 Å². The number of nitrogens with two attached hydrogens (primary N) is 1. The van der Waals surface area contributed by atoms with E-state index in [0.29, 0.717) is 23.6 Å². The Morgan fingerprint density at radius 2 is 2.38 bits per heavy atom. The molecule has 0 aromatic carbocycles. The molecule has 1 aliphatic carbocycles. The van der Waals surface area contributed by atoms with Gasteiger partial charge in [-0.2, -0.15) is 0 Å². The number of nitrogens with one attached hydrogen (secondary N) is 1. The average Bonchev–Trinajstić information content (AvgIpc) is 2.85. The zero-order chi connectivity index (χ0) is 9.68. The molecule has 0 aromatic heterocycles. The second-order valence-electron chi connectivity index (χ2n) is 3.54. The topological polar surface area (TPSA) is 55.1 Å². The van der Waals surface area contributed by atoms with Gasteiger partial charge in [-0.1, -0.05) is 6.92 Å². The summed E-state index contributed by atoms with van der Waals surface area (Å²) >= 11 is 1.69. The highest BCUT2D eigenvalue weighted by Gasteiger charge is 2.23. The molecule has 1 amide bonds. The molecule has 0 heterocycles. The first kappa shape index (κ1) is 10.9. The van der Waals surface area contributed by atoms with Crippen molar-refractivity contribution in [3.8, 4) is 0 Å². The fraction of sp³-hybridized carbons (Fsp3) is 0.889. The van der Waals surface area contributed by atoms with Gasteiger partial charge in [-0.05, 0) is 25.8 Å². The van der Waals surface area contributed by atoms with Gasteiger partial charge in [-0.15, -0.1) is 11.8 Å². The number of amides is 1. The lowest BCUT2D eigenvalue weighted by Crippen LogP contribution is -2.27. The van der Waals surface area contributed by atoms with E-state index >= 15 is 0 Å². The maximum atomic E-state index is 11.2.